The Kier molecular flexibility index (Phi) is 5.38. The van der Waals surface area contributed by atoms with E-state index in [9.17, 15) is 22.8 Å². The molecule has 0 radical (unpaired) electrons. The second-order valence-electron chi connectivity index (χ2n) is 7.71. The van der Waals surface area contributed by atoms with E-state index in [1.54, 1.807) is 31.2 Å². The number of nitriles is 1. The molecule has 1 heterocycles. The average molecular weight is 440 g/mol. The third kappa shape index (κ3) is 4.04. The van der Waals surface area contributed by atoms with Crippen LogP contribution in [0.3, 0.4) is 0 Å². The normalized spacial score (nSPS) is 18.8. The molecule has 2 N–H and O–H groups in total. The highest BCUT2D eigenvalue weighted by atomic mass is 19.4. The van der Waals surface area contributed by atoms with E-state index in [1.807, 2.05) is 6.07 Å². The number of hydrogen-bond donors (Lipinski definition) is 2. The van der Waals surface area contributed by atoms with Crippen LogP contribution >= 0.6 is 0 Å². The number of alkyl halides is 3. The van der Waals surface area contributed by atoms with Crippen molar-refractivity contribution in [2.75, 3.05) is 5.32 Å². The summed E-state index contributed by atoms with van der Waals surface area (Å²) in [5, 5.41) is 14.2. The van der Waals surface area contributed by atoms with Crippen LogP contribution in [0.15, 0.2) is 59.8 Å². The number of hydrogen-bond acceptors (Lipinski definition) is 3. The van der Waals surface area contributed by atoms with Crippen LogP contribution < -0.4 is 10.6 Å². The highest BCUT2D eigenvalue weighted by Crippen LogP contribution is 2.39. The standard InChI is InChI=1S/C23H19F3N4O2/c1-13-19(21(31)28-18-5-3-2-4-17(18)23(24,25)26)20(15-8-6-14(12-27)7-9-15)29-22(32)30(13)16-10-11-16/h2-9,16,20H,10-11H2,1H3,(H,28,31)(H,29,32)/t20-/m1/s1. The summed E-state index contributed by atoms with van der Waals surface area (Å²) < 4.78 is 40.2. The number of nitrogens with one attached hydrogen (secondary N) is 2. The van der Waals surface area contributed by atoms with Gasteiger partial charge in [0.2, 0.25) is 0 Å². The molecule has 1 atom stereocenters. The van der Waals surface area contributed by atoms with E-state index in [4.69, 9.17) is 5.26 Å². The number of carbonyl (C=O) groups is 2. The first-order valence-electron chi connectivity index (χ1n) is 9.99. The molecule has 3 amide bonds. The Morgan fingerprint density at radius 2 is 1.81 bits per heavy atom. The smallest absolute Gasteiger partial charge is 0.326 e. The maximum absolute atomic E-state index is 13.4. The number of urea groups is 1. The zero-order valence-electron chi connectivity index (χ0n) is 17.0. The lowest BCUT2D eigenvalue weighted by molar-refractivity contribution is -0.137. The van der Waals surface area contributed by atoms with E-state index in [2.05, 4.69) is 10.6 Å². The highest BCUT2D eigenvalue weighted by Gasteiger charge is 2.42. The van der Waals surface area contributed by atoms with Gasteiger partial charge in [0.25, 0.3) is 5.91 Å². The first kappa shape index (κ1) is 21.4. The van der Waals surface area contributed by atoms with Gasteiger partial charge in [-0.3, -0.25) is 9.69 Å². The molecular formula is C23H19F3N4O2. The van der Waals surface area contributed by atoms with Crippen LogP contribution in [-0.2, 0) is 11.0 Å². The average Bonchev–Trinajstić information content (AvgIpc) is 3.58. The van der Waals surface area contributed by atoms with E-state index in [0.29, 0.717) is 16.8 Å². The third-order valence-electron chi connectivity index (χ3n) is 5.54. The summed E-state index contributed by atoms with van der Waals surface area (Å²) in [6.45, 7) is 1.62. The van der Waals surface area contributed by atoms with Crippen LogP contribution in [-0.4, -0.2) is 22.9 Å². The van der Waals surface area contributed by atoms with E-state index in [0.717, 1.165) is 18.9 Å². The Hall–Kier alpha value is -3.80. The summed E-state index contributed by atoms with van der Waals surface area (Å²) in [5.74, 6) is -0.737. The van der Waals surface area contributed by atoms with Crippen molar-refractivity contribution in [3.8, 4) is 6.07 Å². The van der Waals surface area contributed by atoms with E-state index in [-0.39, 0.29) is 23.3 Å². The van der Waals surface area contributed by atoms with Crippen molar-refractivity contribution in [2.45, 2.75) is 38.0 Å². The predicted octanol–water partition coefficient (Wildman–Crippen LogP) is 4.72. The van der Waals surface area contributed by atoms with Gasteiger partial charge in [-0.2, -0.15) is 18.4 Å². The molecule has 2 aromatic carbocycles. The number of rotatable bonds is 4. The van der Waals surface area contributed by atoms with E-state index in [1.165, 1.54) is 23.1 Å². The van der Waals surface area contributed by atoms with Crippen molar-refractivity contribution < 1.29 is 22.8 Å². The fraction of sp³-hybridized carbons (Fsp3) is 0.261. The largest absolute Gasteiger partial charge is 0.418 e. The minimum absolute atomic E-state index is 0.0397. The molecule has 6 nitrogen and oxygen atoms in total. The molecule has 0 unspecified atom stereocenters. The van der Waals surface area contributed by atoms with Gasteiger partial charge in [0.05, 0.1) is 34.5 Å². The summed E-state index contributed by atoms with van der Waals surface area (Å²) in [7, 11) is 0. The van der Waals surface area contributed by atoms with Gasteiger partial charge in [0.1, 0.15) is 0 Å². The molecule has 2 aromatic rings. The first-order chi connectivity index (χ1) is 15.2. The van der Waals surface area contributed by atoms with Crippen molar-refractivity contribution in [1.82, 2.24) is 10.2 Å². The summed E-state index contributed by atoms with van der Waals surface area (Å²) >= 11 is 0. The first-order valence-corrected chi connectivity index (χ1v) is 9.99. The molecule has 164 valence electrons. The zero-order valence-corrected chi connectivity index (χ0v) is 17.0. The van der Waals surface area contributed by atoms with Crippen molar-refractivity contribution in [3.05, 3.63) is 76.5 Å². The number of allylic oxidation sites excluding steroid dienone is 1. The molecular weight excluding hydrogens is 421 g/mol. The number of halogens is 3. The highest BCUT2D eigenvalue weighted by molar-refractivity contribution is 6.07. The summed E-state index contributed by atoms with van der Waals surface area (Å²) in [4.78, 5) is 27.5. The maximum Gasteiger partial charge on any atom is 0.418 e. The van der Waals surface area contributed by atoms with Crippen molar-refractivity contribution in [1.29, 1.82) is 5.26 Å². The van der Waals surface area contributed by atoms with Gasteiger partial charge in [0.15, 0.2) is 0 Å². The fourth-order valence-electron chi connectivity index (χ4n) is 3.85. The summed E-state index contributed by atoms with van der Waals surface area (Å²) in [6, 6.07) is 11.8. The van der Waals surface area contributed by atoms with E-state index < -0.39 is 23.7 Å². The Balaban J connectivity index is 1.75. The van der Waals surface area contributed by atoms with Crippen LogP contribution in [0.4, 0.5) is 23.7 Å². The van der Waals surface area contributed by atoms with Crippen molar-refractivity contribution >= 4 is 17.6 Å². The number of nitrogens with zero attached hydrogens (tertiary/aromatic N) is 2. The van der Waals surface area contributed by atoms with Gasteiger partial charge in [-0.05, 0) is 49.6 Å². The number of para-hydroxylation sites is 1. The second-order valence-corrected chi connectivity index (χ2v) is 7.71. The van der Waals surface area contributed by atoms with Crippen LogP contribution in [0.5, 0.6) is 0 Å². The zero-order chi connectivity index (χ0) is 23.0. The SMILES string of the molecule is CC1=C(C(=O)Nc2ccccc2C(F)(F)F)[C@@H](c2ccc(C#N)cc2)NC(=O)N1C1CC1. The van der Waals surface area contributed by atoms with Gasteiger partial charge in [-0.25, -0.2) is 4.79 Å². The minimum atomic E-state index is -4.64. The Labute approximate surface area is 182 Å². The molecule has 32 heavy (non-hydrogen) atoms. The molecule has 0 aromatic heterocycles. The molecule has 2 aliphatic rings. The monoisotopic (exact) mass is 440 g/mol. The molecule has 9 heteroatoms. The number of carbonyl (C=O) groups excluding carboxylic acids is 2. The topological polar surface area (TPSA) is 85.2 Å². The molecule has 4 rings (SSSR count). The van der Waals surface area contributed by atoms with Crippen LogP contribution in [0.1, 0.15) is 42.5 Å². The fourth-order valence-corrected chi connectivity index (χ4v) is 3.85. The van der Waals surface area contributed by atoms with Gasteiger partial charge in [-0.15, -0.1) is 0 Å². The Morgan fingerprint density at radius 3 is 2.41 bits per heavy atom. The third-order valence-corrected chi connectivity index (χ3v) is 5.54. The molecule has 1 fully saturated rings. The molecule has 0 saturated heterocycles. The van der Waals surface area contributed by atoms with Crippen LogP contribution in [0.2, 0.25) is 0 Å². The quantitative estimate of drug-likeness (QED) is 0.722. The van der Waals surface area contributed by atoms with Crippen molar-refractivity contribution in [3.63, 3.8) is 0 Å². The molecule has 1 aliphatic carbocycles. The van der Waals surface area contributed by atoms with Gasteiger partial charge in [0, 0.05) is 11.7 Å². The van der Waals surface area contributed by atoms with Gasteiger partial charge in [-0.1, -0.05) is 24.3 Å². The minimum Gasteiger partial charge on any atom is -0.326 e. The Morgan fingerprint density at radius 1 is 1.16 bits per heavy atom. The summed E-state index contributed by atoms with van der Waals surface area (Å²) in [5.41, 5.74) is 0.174. The lowest BCUT2D eigenvalue weighted by Crippen LogP contribution is -2.49. The number of benzene rings is 2. The van der Waals surface area contributed by atoms with Crippen molar-refractivity contribution in [2.24, 2.45) is 0 Å². The molecule has 0 bridgehead atoms. The van der Waals surface area contributed by atoms with E-state index >= 15 is 0 Å². The lowest BCUT2D eigenvalue weighted by atomic mass is 9.93. The van der Waals surface area contributed by atoms with Crippen LogP contribution in [0.25, 0.3) is 0 Å². The molecule has 1 aliphatic heterocycles. The van der Waals surface area contributed by atoms with Gasteiger partial charge >= 0.3 is 12.2 Å². The summed E-state index contributed by atoms with van der Waals surface area (Å²) in [6.07, 6.45) is -3.06. The maximum atomic E-state index is 13.4. The second kappa shape index (κ2) is 8.04. The Bertz CT molecular complexity index is 1150. The number of amides is 3. The molecule has 1 saturated carbocycles. The lowest BCUT2D eigenvalue weighted by Gasteiger charge is -2.36. The van der Waals surface area contributed by atoms with Gasteiger partial charge < -0.3 is 10.6 Å². The van der Waals surface area contributed by atoms with Crippen LogP contribution in [0, 0.1) is 11.3 Å². The number of anilines is 1. The predicted molar refractivity (Wildman–Crippen MR) is 110 cm³/mol. The molecule has 0 spiro atoms.